The fourth-order valence-electron chi connectivity index (χ4n) is 7.30. The van der Waals surface area contributed by atoms with Crippen molar-refractivity contribution in [2.24, 2.45) is 5.92 Å². The van der Waals surface area contributed by atoms with Crippen LogP contribution in [-0.4, -0.2) is 71.1 Å². The van der Waals surface area contributed by atoms with Crippen LogP contribution in [0.3, 0.4) is 0 Å². The molecule has 0 amide bonds. The van der Waals surface area contributed by atoms with Crippen LogP contribution in [0.2, 0.25) is 0 Å². The summed E-state index contributed by atoms with van der Waals surface area (Å²) in [5.74, 6) is 0.183. The summed E-state index contributed by atoms with van der Waals surface area (Å²) < 4.78 is 47.2. The van der Waals surface area contributed by atoms with Crippen LogP contribution in [-0.2, 0) is 4.74 Å². The number of nitrogens with one attached hydrogen (secondary N) is 1. The van der Waals surface area contributed by atoms with Crippen molar-refractivity contribution < 1.29 is 27.8 Å². The Kier molecular flexibility index (Phi) is 7.62. The summed E-state index contributed by atoms with van der Waals surface area (Å²) in [5, 5.41) is 14.6. The first-order chi connectivity index (χ1) is 21.3. The molecule has 3 aliphatic heterocycles. The smallest absolute Gasteiger partial charge is 0.349 e. The first kappa shape index (κ1) is 28.9. The van der Waals surface area contributed by atoms with Gasteiger partial charge in [0.05, 0.1) is 11.1 Å². The molecule has 11 heteroatoms. The lowest BCUT2D eigenvalue weighted by molar-refractivity contribution is 0.0530. The lowest BCUT2D eigenvalue weighted by Gasteiger charge is -2.30. The molecule has 5 heterocycles. The zero-order chi connectivity index (χ0) is 30.4. The number of nitrogens with zero attached hydrogens (tertiary/aromatic N) is 3. The zero-order valence-electron chi connectivity index (χ0n) is 24.7. The fourth-order valence-corrected chi connectivity index (χ4v) is 7.30. The van der Waals surface area contributed by atoms with E-state index in [1.165, 1.54) is 18.2 Å². The minimum atomic E-state index is -0.899. The van der Waals surface area contributed by atoms with Crippen LogP contribution in [0.5, 0.6) is 11.8 Å². The maximum atomic E-state index is 15.1. The number of ether oxygens (including phenoxy) is 2. The van der Waals surface area contributed by atoms with Gasteiger partial charge in [-0.25, -0.2) is 13.6 Å². The Morgan fingerprint density at radius 1 is 1.23 bits per heavy atom. The predicted octanol–water partition coefficient (Wildman–Crippen LogP) is 5.74. The van der Waals surface area contributed by atoms with Crippen LogP contribution < -0.4 is 15.7 Å². The van der Waals surface area contributed by atoms with E-state index in [0.717, 1.165) is 45.3 Å². The summed E-state index contributed by atoms with van der Waals surface area (Å²) in [5.41, 5.74) is -0.0903. The first-order valence-corrected chi connectivity index (χ1v) is 15.4. The number of halogens is 2. The van der Waals surface area contributed by atoms with Gasteiger partial charge in [0, 0.05) is 49.2 Å². The number of aromatic nitrogens is 2. The molecule has 44 heavy (non-hydrogen) atoms. The van der Waals surface area contributed by atoms with Gasteiger partial charge in [0.15, 0.2) is 0 Å². The number of phenols is 1. The molecule has 0 bridgehead atoms. The molecular formula is C33H36F2N4O5. The highest BCUT2D eigenvalue weighted by molar-refractivity contribution is 6.00. The Bertz CT molecular complexity index is 1780. The Hall–Kier alpha value is -3.83. The first-order valence-electron chi connectivity index (χ1n) is 15.4. The number of hydrogen-bond acceptors (Lipinski definition) is 9. The number of anilines is 1. The van der Waals surface area contributed by atoms with E-state index in [0.29, 0.717) is 48.5 Å². The van der Waals surface area contributed by atoms with E-state index in [2.05, 4.69) is 20.2 Å². The highest BCUT2D eigenvalue weighted by Crippen LogP contribution is 2.41. The van der Waals surface area contributed by atoms with Gasteiger partial charge in [0.25, 0.3) is 0 Å². The second-order valence-electron chi connectivity index (χ2n) is 12.4. The van der Waals surface area contributed by atoms with Crippen molar-refractivity contribution >= 4 is 27.5 Å². The standard InChI is InChI=1S/C33H36F2N4O5/c1-19-28-27(31(41)44-29(19)24-14-23(40)13-21-6-2-7-25(35)26(21)24)30(36-10-8-20-5-3-12-42-17-20)38-32(37-28)43-18-33-9-4-11-39(33)16-22(34)15-33/h2,6-7,13-14,20,22,40H,3-5,8-12,15-18H2,1H3,(H,36,37,38)/t20?,22-,33+/m1/s1. The molecule has 0 radical (unpaired) electrons. The topological polar surface area (TPSA) is 110 Å². The summed E-state index contributed by atoms with van der Waals surface area (Å²) in [4.78, 5) is 25.1. The van der Waals surface area contributed by atoms with Gasteiger partial charge >= 0.3 is 11.6 Å². The third kappa shape index (κ3) is 5.26. The maximum absolute atomic E-state index is 15.1. The molecule has 2 N–H and O–H groups in total. The summed E-state index contributed by atoms with van der Waals surface area (Å²) in [6, 6.07) is 7.46. The molecule has 7 rings (SSSR count). The number of hydrogen-bond donors (Lipinski definition) is 2. The van der Waals surface area contributed by atoms with Crippen molar-refractivity contribution in [1.29, 1.82) is 0 Å². The molecule has 0 saturated carbocycles. The van der Waals surface area contributed by atoms with E-state index in [1.54, 1.807) is 19.1 Å². The second kappa shape index (κ2) is 11.6. The minimum absolute atomic E-state index is 0.0659. The average Bonchev–Trinajstić information content (AvgIpc) is 3.53. The van der Waals surface area contributed by atoms with Gasteiger partial charge in [-0.05, 0) is 75.1 Å². The number of rotatable bonds is 8. The quantitative estimate of drug-likeness (QED) is 0.260. The van der Waals surface area contributed by atoms with Crippen molar-refractivity contribution in [3.63, 3.8) is 0 Å². The van der Waals surface area contributed by atoms with Crippen LogP contribution in [0.1, 0.15) is 44.1 Å². The van der Waals surface area contributed by atoms with Gasteiger partial charge in [-0.3, -0.25) is 4.90 Å². The van der Waals surface area contributed by atoms with Crippen LogP contribution in [0.15, 0.2) is 39.5 Å². The second-order valence-corrected chi connectivity index (χ2v) is 12.4. The predicted molar refractivity (Wildman–Crippen MR) is 163 cm³/mol. The molecule has 2 aromatic carbocycles. The van der Waals surface area contributed by atoms with Crippen LogP contribution in [0.4, 0.5) is 14.6 Å². The van der Waals surface area contributed by atoms with Crippen LogP contribution in [0, 0.1) is 18.7 Å². The van der Waals surface area contributed by atoms with Crippen molar-refractivity contribution in [2.45, 2.75) is 57.2 Å². The number of aromatic hydroxyl groups is 1. The van der Waals surface area contributed by atoms with Crippen LogP contribution >= 0.6 is 0 Å². The normalized spacial score (nSPS) is 23.8. The van der Waals surface area contributed by atoms with Gasteiger partial charge < -0.3 is 24.3 Å². The van der Waals surface area contributed by atoms with E-state index in [-0.39, 0.29) is 46.3 Å². The molecule has 1 unspecified atom stereocenters. The van der Waals surface area contributed by atoms with E-state index in [4.69, 9.17) is 13.9 Å². The fraction of sp³-hybridized carbons (Fsp3) is 0.485. The number of aryl methyl sites for hydroxylation is 1. The summed E-state index contributed by atoms with van der Waals surface area (Å²) in [6.07, 6.45) is 4.24. The van der Waals surface area contributed by atoms with Crippen molar-refractivity contribution in [3.05, 3.63) is 52.1 Å². The molecule has 4 aromatic rings. The molecule has 0 spiro atoms. The van der Waals surface area contributed by atoms with Gasteiger partial charge in [0.1, 0.15) is 41.3 Å². The molecular weight excluding hydrogens is 570 g/mol. The molecule has 2 aromatic heterocycles. The number of phenolic OH excluding ortho intramolecular Hbond substituents is 1. The highest BCUT2D eigenvalue weighted by Gasteiger charge is 2.49. The van der Waals surface area contributed by atoms with Gasteiger partial charge in [0.2, 0.25) is 0 Å². The SMILES string of the molecule is Cc1c(-c2cc(O)cc3cccc(F)c23)oc(=O)c2c(NCCC3CCCOC3)nc(OC[C@@]34CCCN3C[C@H](F)C4)nc12. The van der Waals surface area contributed by atoms with Crippen molar-refractivity contribution in [1.82, 2.24) is 14.9 Å². The van der Waals surface area contributed by atoms with Gasteiger partial charge in [-0.1, -0.05) is 12.1 Å². The third-order valence-electron chi connectivity index (χ3n) is 9.47. The number of benzene rings is 2. The molecule has 3 saturated heterocycles. The minimum Gasteiger partial charge on any atom is -0.508 e. The Morgan fingerprint density at radius 3 is 2.95 bits per heavy atom. The Morgan fingerprint density at radius 2 is 2.11 bits per heavy atom. The monoisotopic (exact) mass is 606 g/mol. The average molecular weight is 607 g/mol. The summed E-state index contributed by atoms with van der Waals surface area (Å²) in [6.45, 7) is 5.23. The molecule has 3 fully saturated rings. The molecule has 3 atom stereocenters. The third-order valence-corrected chi connectivity index (χ3v) is 9.47. The molecule has 9 nitrogen and oxygen atoms in total. The number of alkyl halides is 1. The van der Waals surface area contributed by atoms with Crippen molar-refractivity contribution in [2.75, 3.05) is 44.8 Å². The van der Waals surface area contributed by atoms with E-state index < -0.39 is 23.2 Å². The molecule has 0 aliphatic carbocycles. The maximum Gasteiger partial charge on any atom is 0.349 e. The van der Waals surface area contributed by atoms with E-state index in [9.17, 15) is 14.3 Å². The van der Waals surface area contributed by atoms with E-state index in [1.807, 2.05) is 0 Å². The lowest BCUT2D eigenvalue weighted by atomic mass is 9.95. The van der Waals surface area contributed by atoms with Gasteiger partial charge in [-0.2, -0.15) is 9.97 Å². The number of fused-ring (bicyclic) bond motifs is 3. The summed E-state index contributed by atoms with van der Waals surface area (Å²) >= 11 is 0. The Labute approximate surface area is 253 Å². The van der Waals surface area contributed by atoms with Crippen molar-refractivity contribution in [3.8, 4) is 23.1 Å². The van der Waals surface area contributed by atoms with E-state index >= 15 is 4.39 Å². The summed E-state index contributed by atoms with van der Waals surface area (Å²) in [7, 11) is 0. The largest absolute Gasteiger partial charge is 0.508 e. The zero-order valence-corrected chi connectivity index (χ0v) is 24.7. The lowest BCUT2D eigenvalue weighted by Crippen LogP contribution is -2.43. The van der Waals surface area contributed by atoms with Gasteiger partial charge in [-0.15, -0.1) is 0 Å². The molecule has 232 valence electrons. The highest BCUT2D eigenvalue weighted by atomic mass is 19.1. The Balaban J connectivity index is 1.30. The molecule has 3 aliphatic rings. The van der Waals surface area contributed by atoms with Crippen LogP contribution in [0.25, 0.3) is 33.0 Å².